The van der Waals surface area contributed by atoms with Gasteiger partial charge in [0.15, 0.2) is 5.13 Å². The van der Waals surface area contributed by atoms with Crippen molar-refractivity contribution >= 4 is 34.0 Å². The minimum absolute atomic E-state index is 0.0682. The first-order valence-corrected chi connectivity index (χ1v) is 7.86. The maximum atomic E-state index is 12.3. The molecule has 2 aromatic heterocycles. The third kappa shape index (κ3) is 4.25. The van der Waals surface area contributed by atoms with E-state index in [0.29, 0.717) is 16.3 Å². The number of phenols is 1. The average molecular weight is 381 g/mol. The lowest BCUT2D eigenvalue weighted by molar-refractivity contribution is -0.167. The van der Waals surface area contributed by atoms with Crippen LogP contribution in [-0.4, -0.2) is 32.1 Å². The first-order valence-electron chi connectivity index (χ1n) is 7.05. The van der Waals surface area contributed by atoms with E-state index >= 15 is 0 Å². The lowest BCUT2D eigenvalue weighted by Crippen LogP contribution is -2.29. The number of anilines is 3. The van der Waals surface area contributed by atoms with Crippen LogP contribution in [0.1, 0.15) is 0 Å². The van der Waals surface area contributed by atoms with Gasteiger partial charge in [0.25, 0.3) is 0 Å². The van der Waals surface area contributed by atoms with Crippen molar-refractivity contribution in [3.63, 3.8) is 0 Å². The summed E-state index contributed by atoms with van der Waals surface area (Å²) in [5, 5.41) is 13.8. The summed E-state index contributed by atoms with van der Waals surface area (Å²) in [5.41, 5.74) is 0.970. The number of halogens is 3. The summed E-state index contributed by atoms with van der Waals surface area (Å²) in [6.07, 6.45) is -2.22. The van der Waals surface area contributed by atoms with Crippen molar-refractivity contribution in [2.75, 3.05) is 10.6 Å². The second-order valence-electron chi connectivity index (χ2n) is 4.92. The van der Waals surface area contributed by atoms with E-state index in [1.54, 1.807) is 23.5 Å². The second kappa shape index (κ2) is 6.96. The van der Waals surface area contributed by atoms with Crippen molar-refractivity contribution in [2.24, 2.45) is 0 Å². The van der Waals surface area contributed by atoms with Gasteiger partial charge in [-0.05, 0) is 18.2 Å². The molecule has 11 heteroatoms. The lowest BCUT2D eigenvalue weighted by atomic mass is 10.3. The SMILES string of the molecule is O=C(Nc1ncc(-c2ccnc(Nc3cccc(O)c3)n2)s1)C(F)(F)F. The smallest absolute Gasteiger partial charge is 0.471 e. The summed E-state index contributed by atoms with van der Waals surface area (Å²) in [6.45, 7) is 0. The number of rotatable bonds is 4. The maximum absolute atomic E-state index is 12.3. The molecule has 0 aliphatic rings. The number of carbonyl (C=O) groups excluding carboxylic acids is 1. The number of aromatic hydroxyl groups is 1. The molecule has 0 saturated carbocycles. The van der Waals surface area contributed by atoms with E-state index in [1.165, 1.54) is 24.5 Å². The molecule has 0 atom stereocenters. The van der Waals surface area contributed by atoms with Crippen molar-refractivity contribution in [3.8, 4) is 16.3 Å². The molecule has 0 aliphatic carbocycles. The zero-order valence-electron chi connectivity index (χ0n) is 12.8. The van der Waals surface area contributed by atoms with Gasteiger partial charge in [-0.1, -0.05) is 17.4 Å². The Hall–Kier alpha value is -3.21. The van der Waals surface area contributed by atoms with Crippen LogP contribution in [-0.2, 0) is 4.79 Å². The van der Waals surface area contributed by atoms with Gasteiger partial charge in [-0.15, -0.1) is 0 Å². The maximum Gasteiger partial charge on any atom is 0.471 e. The molecule has 3 rings (SSSR count). The Morgan fingerprint density at radius 1 is 1.19 bits per heavy atom. The highest BCUT2D eigenvalue weighted by molar-refractivity contribution is 7.19. The number of nitrogens with zero attached hydrogens (tertiary/aromatic N) is 3. The molecule has 3 N–H and O–H groups in total. The van der Waals surface area contributed by atoms with Gasteiger partial charge in [-0.3, -0.25) is 10.1 Å². The van der Waals surface area contributed by atoms with Crippen LogP contribution in [0.5, 0.6) is 5.75 Å². The monoisotopic (exact) mass is 381 g/mol. The number of thiazole rings is 1. The molecule has 1 aromatic carbocycles. The predicted octanol–water partition coefficient (Wildman–Crippen LogP) is 3.55. The standard InChI is InChI=1S/C15H10F3N5O2S/c16-15(17,18)12(25)23-14-20-7-11(26-14)10-4-5-19-13(22-10)21-8-2-1-3-9(24)6-8/h1-7,24H,(H,19,21,22)(H,20,23,25). The Labute approximate surface area is 148 Å². The van der Waals surface area contributed by atoms with E-state index in [9.17, 15) is 23.1 Å². The van der Waals surface area contributed by atoms with E-state index in [4.69, 9.17) is 0 Å². The zero-order chi connectivity index (χ0) is 18.7. The highest BCUT2D eigenvalue weighted by Gasteiger charge is 2.39. The van der Waals surface area contributed by atoms with E-state index in [0.717, 1.165) is 11.3 Å². The molecular formula is C15H10F3N5O2S. The third-order valence-electron chi connectivity index (χ3n) is 2.99. The molecule has 1 amide bonds. The minimum atomic E-state index is -4.99. The van der Waals surface area contributed by atoms with Crippen molar-refractivity contribution in [1.82, 2.24) is 15.0 Å². The van der Waals surface area contributed by atoms with Crippen molar-refractivity contribution in [3.05, 3.63) is 42.7 Å². The number of aromatic nitrogens is 3. The second-order valence-corrected chi connectivity index (χ2v) is 5.95. The molecule has 26 heavy (non-hydrogen) atoms. The summed E-state index contributed by atoms with van der Waals surface area (Å²) in [5.74, 6) is -1.80. The molecule has 3 aromatic rings. The minimum Gasteiger partial charge on any atom is -0.508 e. The Morgan fingerprint density at radius 3 is 2.73 bits per heavy atom. The van der Waals surface area contributed by atoms with Crippen molar-refractivity contribution < 1.29 is 23.1 Å². The van der Waals surface area contributed by atoms with E-state index in [2.05, 4.69) is 20.3 Å². The van der Waals surface area contributed by atoms with E-state index < -0.39 is 12.1 Å². The van der Waals surface area contributed by atoms with Gasteiger partial charge in [-0.25, -0.2) is 15.0 Å². The number of hydrogen-bond acceptors (Lipinski definition) is 7. The Morgan fingerprint density at radius 2 is 2.00 bits per heavy atom. The highest BCUT2D eigenvalue weighted by Crippen LogP contribution is 2.29. The predicted molar refractivity (Wildman–Crippen MR) is 89.2 cm³/mol. The number of amides is 1. The summed E-state index contributed by atoms with van der Waals surface area (Å²) in [6, 6.07) is 7.88. The number of alkyl halides is 3. The van der Waals surface area contributed by atoms with E-state index in [-0.39, 0.29) is 16.8 Å². The fraction of sp³-hybridized carbons (Fsp3) is 0.0667. The Kier molecular flexibility index (Phi) is 4.71. The third-order valence-corrected chi connectivity index (χ3v) is 3.93. The normalized spacial score (nSPS) is 11.2. The topological polar surface area (TPSA) is 100 Å². The molecule has 0 aliphatic heterocycles. The van der Waals surface area contributed by atoms with Gasteiger partial charge in [0.05, 0.1) is 10.6 Å². The fourth-order valence-corrected chi connectivity index (χ4v) is 2.67. The summed E-state index contributed by atoms with van der Waals surface area (Å²) < 4.78 is 36.8. The number of nitrogens with one attached hydrogen (secondary N) is 2. The molecule has 0 radical (unpaired) electrons. The van der Waals surface area contributed by atoms with Crippen LogP contribution in [0.25, 0.3) is 10.6 Å². The van der Waals surface area contributed by atoms with Crippen LogP contribution in [0, 0.1) is 0 Å². The molecular weight excluding hydrogens is 371 g/mol. The summed E-state index contributed by atoms with van der Waals surface area (Å²) in [4.78, 5) is 23.4. The first kappa shape index (κ1) is 17.6. The Bertz CT molecular complexity index is 945. The highest BCUT2D eigenvalue weighted by atomic mass is 32.1. The van der Waals surface area contributed by atoms with Gasteiger partial charge >= 0.3 is 12.1 Å². The van der Waals surface area contributed by atoms with Gasteiger partial charge in [0.1, 0.15) is 5.75 Å². The van der Waals surface area contributed by atoms with Crippen LogP contribution < -0.4 is 10.6 Å². The quantitative estimate of drug-likeness (QED) is 0.639. The first-order chi connectivity index (χ1) is 12.3. The van der Waals surface area contributed by atoms with E-state index in [1.807, 2.05) is 0 Å². The zero-order valence-corrected chi connectivity index (χ0v) is 13.6. The van der Waals surface area contributed by atoms with Crippen molar-refractivity contribution in [2.45, 2.75) is 6.18 Å². The Balaban J connectivity index is 1.77. The van der Waals surface area contributed by atoms with Gasteiger partial charge in [0.2, 0.25) is 5.95 Å². The molecule has 0 spiro atoms. The number of carbonyl (C=O) groups is 1. The van der Waals surface area contributed by atoms with Crippen LogP contribution >= 0.6 is 11.3 Å². The fourth-order valence-electron chi connectivity index (χ4n) is 1.89. The number of hydrogen-bond donors (Lipinski definition) is 3. The summed E-state index contributed by atoms with van der Waals surface area (Å²) >= 11 is 0.847. The molecule has 7 nitrogen and oxygen atoms in total. The van der Waals surface area contributed by atoms with Crippen LogP contribution in [0.15, 0.2) is 42.7 Å². The average Bonchev–Trinajstić information content (AvgIpc) is 3.03. The molecule has 0 saturated heterocycles. The van der Waals surface area contributed by atoms with Crippen molar-refractivity contribution in [1.29, 1.82) is 0 Å². The largest absolute Gasteiger partial charge is 0.508 e. The van der Waals surface area contributed by atoms with Crippen LogP contribution in [0.4, 0.5) is 29.9 Å². The summed E-state index contributed by atoms with van der Waals surface area (Å²) in [7, 11) is 0. The van der Waals surface area contributed by atoms with Gasteiger partial charge in [-0.2, -0.15) is 13.2 Å². The van der Waals surface area contributed by atoms with Crippen LogP contribution in [0.2, 0.25) is 0 Å². The molecule has 2 heterocycles. The lowest BCUT2D eigenvalue weighted by Gasteiger charge is -2.06. The van der Waals surface area contributed by atoms with Crippen LogP contribution in [0.3, 0.4) is 0 Å². The number of benzene rings is 1. The molecule has 0 unspecified atom stereocenters. The molecule has 0 bridgehead atoms. The van der Waals surface area contributed by atoms with Gasteiger partial charge < -0.3 is 10.4 Å². The van der Waals surface area contributed by atoms with Gasteiger partial charge in [0, 0.05) is 24.1 Å². The molecule has 0 fully saturated rings. The number of phenolic OH excluding ortho intramolecular Hbond substituents is 1. The molecule has 134 valence electrons.